The number of hydrogen-bond donors (Lipinski definition) is 1. The number of aryl methyl sites for hydroxylation is 1. The lowest BCUT2D eigenvalue weighted by molar-refractivity contribution is -0.152. The van der Waals surface area contributed by atoms with Crippen LogP contribution in [0.3, 0.4) is 0 Å². The average molecular weight is 252 g/mol. The lowest BCUT2D eigenvalue weighted by Crippen LogP contribution is -2.44. The molecular weight excluding hydrogens is 232 g/mol. The van der Waals surface area contributed by atoms with Crippen LogP contribution in [0.15, 0.2) is 6.33 Å². The highest BCUT2D eigenvalue weighted by Crippen LogP contribution is 2.35. The van der Waals surface area contributed by atoms with Gasteiger partial charge < -0.3 is 9.67 Å². The molecular formula is C12H20N4O2. The fourth-order valence-corrected chi connectivity index (χ4v) is 2.51. The molecule has 0 radical (unpaired) electrons. The number of rotatable bonds is 4. The summed E-state index contributed by atoms with van der Waals surface area (Å²) in [6.07, 6.45) is 3.83. The molecule has 1 aromatic rings. The maximum absolute atomic E-state index is 11.3. The Kier molecular flexibility index (Phi) is 3.65. The molecule has 1 aliphatic heterocycles. The second-order valence-electron chi connectivity index (χ2n) is 5.07. The van der Waals surface area contributed by atoms with Gasteiger partial charge in [-0.25, -0.2) is 0 Å². The van der Waals surface area contributed by atoms with Crippen LogP contribution in [0.2, 0.25) is 0 Å². The van der Waals surface area contributed by atoms with Crippen molar-refractivity contribution in [2.75, 3.05) is 13.1 Å². The van der Waals surface area contributed by atoms with Gasteiger partial charge in [0.15, 0.2) is 0 Å². The number of hydrogen-bond acceptors (Lipinski definition) is 4. The number of likely N-dealkylation sites (tertiary alicyclic amines) is 1. The van der Waals surface area contributed by atoms with Gasteiger partial charge in [-0.05, 0) is 32.4 Å². The quantitative estimate of drug-likeness (QED) is 0.861. The Morgan fingerprint density at radius 2 is 2.17 bits per heavy atom. The molecule has 2 rings (SSSR count). The van der Waals surface area contributed by atoms with Crippen LogP contribution in [0.25, 0.3) is 0 Å². The van der Waals surface area contributed by atoms with Gasteiger partial charge in [0.1, 0.15) is 12.2 Å². The van der Waals surface area contributed by atoms with E-state index in [1.165, 1.54) is 0 Å². The van der Waals surface area contributed by atoms with Crippen molar-refractivity contribution in [2.24, 2.45) is 12.5 Å². The molecule has 0 unspecified atom stereocenters. The first-order valence-corrected chi connectivity index (χ1v) is 6.36. The predicted octanol–water partition coefficient (Wildman–Crippen LogP) is 0.892. The fourth-order valence-electron chi connectivity index (χ4n) is 2.51. The summed E-state index contributed by atoms with van der Waals surface area (Å²) in [5.74, 6) is 0.276. The number of carbonyl (C=O) groups is 1. The van der Waals surface area contributed by atoms with Crippen molar-refractivity contribution in [1.82, 2.24) is 19.7 Å². The molecule has 100 valence electrons. The molecule has 0 aliphatic carbocycles. The normalized spacial score (nSPS) is 19.9. The van der Waals surface area contributed by atoms with Gasteiger partial charge >= 0.3 is 5.97 Å². The van der Waals surface area contributed by atoms with Crippen LogP contribution in [0, 0.1) is 5.41 Å². The monoisotopic (exact) mass is 252 g/mol. The third kappa shape index (κ3) is 2.38. The van der Waals surface area contributed by atoms with Crippen LogP contribution < -0.4 is 0 Å². The third-order valence-electron chi connectivity index (χ3n) is 4.11. The molecule has 1 N–H and O–H groups in total. The number of carboxylic acid groups (broad SMARTS) is 1. The van der Waals surface area contributed by atoms with Crippen molar-refractivity contribution in [3.63, 3.8) is 0 Å². The van der Waals surface area contributed by atoms with E-state index in [2.05, 4.69) is 15.1 Å². The second kappa shape index (κ2) is 5.06. The summed E-state index contributed by atoms with van der Waals surface area (Å²) in [5, 5.41) is 17.2. The molecule has 1 saturated heterocycles. The van der Waals surface area contributed by atoms with E-state index in [4.69, 9.17) is 0 Å². The molecule has 6 nitrogen and oxygen atoms in total. The Bertz CT molecular complexity index is 421. The highest BCUT2D eigenvalue weighted by molar-refractivity contribution is 5.74. The van der Waals surface area contributed by atoms with Crippen molar-refractivity contribution < 1.29 is 9.90 Å². The Morgan fingerprint density at radius 3 is 2.61 bits per heavy atom. The summed E-state index contributed by atoms with van der Waals surface area (Å²) in [6, 6.07) is 0. The van der Waals surface area contributed by atoms with Crippen LogP contribution in [0.1, 0.15) is 32.0 Å². The van der Waals surface area contributed by atoms with Gasteiger partial charge in [-0.15, -0.1) is 10.2 Å². The number of aliphatic carboxylic acids is 1. The first kappa shape index (κ1) is 13.0. The number of nitrogens with zero attached hydrogens (tertiary/aromatic N) is 4. The van der Waals surface area contributed by atoms with Gasteiger partial charge in [0.05, 0.1) is 12.0 Å². The van der Waals surface area contributed by atoms with Crippen molar-refractivity contribution in [2.45, 2.75) is 32.7 Å². The molecule has 6 heteroatoms. The molecule has 0 spiro atoms. The molecule has 0 bridgehead atoms. The van der Waals surface area contributed by atoms with Gasteiger partial charge in [0, 0.05) is 7.05 Å². The lowest BCUT2D eigenvalue weighted by Gasteiger charge is -2.38. The highest BCUT2D eigenvalue weighted by Gasteiger charge is 2.39. The minimum atomic E-state index is -0.650. The Labute approximate surface area is 107 Å². The average Bonchev–Trinajstić information content (AvgIpc) is 2.76. The smallest absolute Gasteiger partial charge is 0.309 e. The Balaban J connectivity index is 1.94. The molecule has 1 aromatic heterocycles. The molecule has 2 heterocycles. The summed E-state index contributed by atoms with van der Waals surface area (Å²) in [4.78, 5) is 13.6. The van der Waals surface area contributed by atoms with Gasteiger partial charge in [0.25, 0.3) is 0 Å². The molecule has 0 amide bonds. The minimum Gasteiger partial charge on any atom is -0.481 e. The van der Waals surface area contributed by atoms with Gasteiger partial charge in [-0.2, -0.15) is 0 Å². The van der Waals surface area contributed by atoms with Crippen molar-refractivity contribution in [1.29, 1.82) is 0 Å². The van der Waals surface area contributed by atoms with Gasteiger partial charge in [-0.3, -0.25) is 9.69 Å². The minimum absolute atomic E-state index is 0.517. The molecule has 1 fully saturated rings. The van der Waals surface area contributed by atoms with Gasteiger partial charge in [-0.1, -0.05) is 6.92 Å². The van der Waals surface area contributed by atoms with Crippen molar-refractivity contribution in [3.8, 4) is 0 Å². The topological polar surface area (TPSA) is 71.2 Å². The molecule has 1 aliphatic rings. The van der Waals surface area contributed by atoms with Crippen LogP contribution in [0.4, 0.5) is 0 Å². The van der Waals surface area contributed by atoms with E-state index >= 15 is 0 Å². The summed E-state index contributed by atoms with van der Waals surface area (Å²) < 4.78 is 1.90. The summed E-state index contributed by atoms with van der Waals surface area (Å²) in [6.45, 7) is 4.34. The zero-order valence-corrected chi connectivity index (χ0v) is 11.0. The largest absolute Gasteiger partial charge is 0.481 e. The zero-order valence-electron chi connectivity index (χ0n) is 11.0. The van der Waals surface area contributed by atoms with Crippen molar-refractivity contribution in [3.05, 3.63) is 12.2 Å². The summed E-state index contributed by atoms with van der Waals surface area (Å²) >= 11 is 0. The highest BCUT2D eigenvalue weighted by atomic mass is 16.4. The van der Waals surface area contributed by atoms with E-state index in [-0.39, 0.29) is 0 Å². The predicted molar refractivity (Wildman–Crippen MR) is 65.9 cm³/mol. The molecule has 18 heavy (non-hydrogen) atoms. The van der Waals surface area contributed by atoms with Crippen LogP contribution >= 0.6 is 0 Å². The Hall–Kier alpha value is -1.43. The zero-order chi connectivity index (χ0) is 13.2. The third-order valence-corrected chi connectivity index (χ3v) is 4.11. The standard InChI is InChI=1S/C12H20N4O2/c1-3-12(11(17)18)4-6-16(7-5-12)8-10-14-13-9-15(10)2/h9H,3-8H2,1-2H3,(H,17,18). The number of aromatic nitrogens is 3. The SMILES string of the molecule is CCC1(C(=O)O)CCN(Cc2nncn2C)CC1. The van der Waals surface area contributed by atoms with E-state index in [0.29, 0.717) is 6.42 Å². The fraction of sp³-hybridized carbons (Fsp3) is 0.750. The first-order chi connectivity index (χ1) is 8.57. The van der Waals surface area contributed by atoms with E-state index in [9.17, 15) is 9.90 Å². The van der Waals surface area contributed by atoms with Crippen LogP contribution in [0.5, 0.6) is 0 Å². The van der Waals surface area contributed by atoms with E-state index in [1.807, 2.05) is 18.5 Å². The van der Waals surface area contributed by atoms with E-state index < -0.39 is 11.4 Å². The number of carboxylic acids is 1. The molecule has 0 atom stereocenters. The first-order valence-electron chi connectivity index (χ1n) is 6.36. The number of piperidine rings is 1. The van der Waals surface area contributed by atoms with Crippen LogP contribution in [-0.4, -0.2) is 43.8 Å². The maximum Gasteiger partial charge on any atom is 0.309 e. The van der Waals surface area contributed by atoms with E-state index in [1.54, 1.807) is 6.33 Å². The van der Waals surface area contributed by atoms with E-state index in [0.717, 1.165) is 38.3 Å². The summed E-state index contributed by atoms with van der Waals surface area (Å²) in [7, 11) is 1.92. The Morgan fingerprint density at radius 1 is 1.50 bits per heavy atom. The van der Waals surface area contributed by atoms with Gasteiger partial charge in [0.2, 0.25) is 0 Å². The van der Waals surface area contributed by atoms with Crippen LogP contribution in [-0.2, 0) is 18.4 Å². The summed E-state index contributed by atoms with van der Waals surface area (Å²) in [5.41, 5.74) is -0.517. The maximum atomic E-state index is 11.3. The molecule has 0 aromatic carbocycles. The lowest BCUT2D eigenvalue weighted by atomic mass is 9.76. The van der Waals surface area contributed by atoms with Crippen molar-refractivity contribution >= 4 is 5.97 Å². The second-order valence-corrected chi connectivity index (χ2v) is 5.07. The molecule has 0 saturated carbocycles.